The molecule has 2 aliphatic rings. The Kier molecular flexibility index (Phi) is 7.32. The molecule has 1 aromatic carbocycles. The largest absolute Gasteiger partial charge is 0.473 e. The summed E-state index contributed by atoms with van der Waals surface area (Å²) in [5.41, 5.74) is 2.27. The van der Waals surface area contributed by atoms with Crippen LogP contribution in [0.1, 0.15) is 57.6 Å². The Hall–Kier alpha value is -3.72. The van der Waals surface area contributed by atoms with E-state index in [1.54, 1.807) is 18.2 Å². The van der Waals surface area contributed by atoms with Crippen LogP contribution < -0.4 is 4.74 Å². The number of fused-ring (bicyclic) bond motifs is 1. The van der Waals surface area contributed by atoms with Crippen molar-refractivity contribution in [3.63, 3.8) is 0 Å². The van der Waals surface area contributed by atoms with Gasteiger partial charge in [-0.25, -0.2) is 19.3 Å². The van der Waals surface area contributed by atoms with Crippen molar-refractivity contribution in [2.45, 2.75) is 51.0 Å². The molecule has 3 aromatic heterocycles. The highest BCUT2D eigenvalue weighted by molar-refractivity contribution is 7.19. The molecule has 39 heavy (non-hydrogen) atoms. The summed E-state index contributed by atoms with van der Waals surface area (Å²) in [6.45, 7) is 4.09. The standard InChI is InChI=1S/C28H27FN6O3S/c29-22-12-18(13-30)4-5-20(22)17-38-25-3-1-2-23(31-25)19-6-9-34(10-7-19)15-24-32-27-28(39-26(16-36)33-27)35(24)14-21-8-11-37-21/h1-5,12,16,19,21H,6-11,14-15,17H2. The molecular weight excluding hydrogens is 519 g/mol. The molecule has 0 spiro atoms. The number of halogens is 1. The molecular formula is C28H27FN6O3S. The fourth-order valence-corrected chi connectivity index (χ4v) is 5.92. The summed E-state index contributed by atoms with van der Waals surface area (Å²) in [4.78, 5) is 28.4. The van der Waals surface area contributed by atoms with Gasteiger partial charge in [-0.2, -0.15) is 5.26 Å². The molecule has 0 N–H and O–H groups in total. The maximum atomic E-state index is 14.2. The van der Waals surface area contributed by atoms with E-state index < -0.39 is 5.82 Å². The summed E-state index contributed by atoms with van der Waals surface area (Å²) in [5.74, 6) is 1.26. The number of rotatable bonds is 9. The number of carbonyl (C=O) groups excluding carboxylic acids is 1. The van der Waals surface area contributed by atoms with Crippen molar-refractivity contribution < 1.29 is 18.7 Å². The van der Waals surface area contributed by atoms with Crippen LogP contribution in [0.25, 0.3) is 10.5 Å². The molecule has 6 rings (SSSR count). The Morgan fingerprint density at radius 2 is 2.03 bits per heavy atom. The van der Waals surface area contributed by atoms with Crippen molar-refractivity contribution in [1.29, 1.82) is 5.26 Å². The fourth-order valence-electron chi connectivity index (χ4n) is 5.07. The maximum absolute atomic E-state index is 14.2. The van der Waals surface area contributed by atoms with Crippen LogP contribution >= 0.6 is 11.3 Å². The van der Waals surface area contributed by atoms with Gasteiger partial charge >= 0.3 is 0 Å². The van der Waals surface area contributed by atoms with E-state index in [2.05, 4.69) is 14.5 Å². The minimum atomic E-state index is -0.460. The molecule has 2 saturated heterocycles. The zero-order chi connectivity index (χ0) is 26.8. The second-order valence-corrected chi connectivity index (χ2v) is 10.9. The van der Waals surface area contributed by atoms with E-state index in [4.69, 9.17) is 24.7 Å². The van der Waals surface area contributed by atoms with Gasteiger partial charge in [-0.05, 0) is 50.6 Å². The third kappa shape index (κ3) is 5.54. The average Bonchev–Trinajstić information content (AvgIpc) is 3.48. The normalized spacial score (nSPS) is 18.1. The predicted molar refractivity (Wildman–Crippen MR) is 142 cm³/mol. The first-order chi connectivity index (χ1) is 19.1. The molecule has 1 unspecified atom stereocenters. The van der Waals surface area contributed by atoms with Crippen molar-refractivity contribution in [3.05, 3.63) is 69.9 Å². The fraction of sp³-hybridized carbons (Fsp3) is 0.393. The molecule has 1 atom stereocenters. The lowest BCUT2D eigenvalue weighted by molar-refractivity contribution is -0.0591. The molecule has 2 aliphatic heterocycles. The number of aromatic nitrogens is 4. The van der Waals surface area contributed by atoms with E-state index in [0.717, 1.165) is 68.1 Å². The highest BCUT2D eigenvalue weighted by atomic mass is 32.1. The van der Waals surface area contributed by atoms with Crippen molar-refractivity contribution in [2.24, 2.45) is 0 Å². The highest BCUT2D eigenvalue weighted by Crippen LogP contribution is 2.30. The number of nitrogens with zero attached hydrogens (tertiary/aromatic N) is 6. The Morgan fingerprint density at radius 3 is 2.74 bits per heavy atom. The number of carbonyl (C=O) groups is 1. The number of hydrogen-bond donors (Lipinski definition) is 0. The molecule has 0 radical (unpaired) electrons. The van der Waals surface area contributed by atoms with Gasteiger partial charge in [0.1, 0.15) is 23.1 Å². The molecule has 11 heteroatoms. The topological polar surface area (TPSA) is 106 Å². The first kappa shape index (κ1) is 25.6. The van der Waals surface area contributed by atoms with E-state index in [1.807, 2.05) is 18.2 Å². The summed E-state index contributed by atoms with van der Waals surface area (Å²) in [7, 11) is 0. The number of aldehydes is 1. The number of imidazole rings is 1. The monoisotopic (exact) mass is 546 g/mol. The van der Waals surface area contributed by atoms with Crippen molar-refractivity contribution in [3.8, 4) is 11.9 Å². The second kappa shape index (κ2) is 11.2. The smallest absolute Gasteiger partial charge is 0.213 e. The molecule has 0 saturated carbocycles. The number of likely N-dealkylation sites (tertiary alicyclic amines) is 1. The number of thiazole rings is 1. The highest BCUT2D eigenvalue weighted by Gasteiger charge is 2.27. The minimum absolute atomic E-state index is 0.0473. The van der Waals surface area contributed by atoms with Crippen LogP contribution in [-0.2, 0) is 24.4 Å². The zero-order valence-electron chi connectivity index (χ0n) is 21.3. The number of benzene rings is 1. The summed E-state index contributed by atoms with van der Waals surface area (Å²) >= 11 is 1.38. The quantitative estimate of drug-likeness (QED) is 0.283. The Morgan fingerprint density at radius 1 is 1.18 bits per heavy atom. The van der Waals surface area contributed by atoms with E-state index >= 15 is 0 Å². The lowest BCUT2D eigenvalue weighted by atomic mass is 9.93. The summed E-state index contributed by atoms with van der Waals surface area (Å²) in [6, 6.07) is 12.0. The molecule has 200 valence electrons. The van der Waals surface area contributed by atoms with E-state index in [-0.39, 0.29) is 18.3 Å². The number of hydrogen-bond acceptors (Lipinski definition) is 9. The third-order valence-electron chi connectivity index (χ3n) is 7.35. The van der Waals surface area contributed by atoms with Gasteiger partial charge in [0.25, 0.3) is 0 Å². The van der Waals surface area contributed by atoms with Crippen LogP contribution in [0.5, 0.6) is 5.88 Å². The molecule has 0 bridgehead atoms. The summed E-state index contributed by atoms with van der Waals surface area (Å²) in [6.07, 6.45) is 3.90. The van der Waals surface area contributed by atoms with Gasteiger partial charge in [0.05, 0.1) is 30.8 Å². The van der Waals surface area contributed by atoms with Crippen LogP contribution in [-0.4, -0.2) is 56.5 Å². The summed E-state index contributed by atoms with van der Waals surface area (Å²) in [5, 5.41) is 9.36. The number of piperidine rings is 1. The number of pyridine rings is 1. The second-order valence-electron chi connectivity index (χ2n) is 9.88. The van der Waals surface area contributed by atoms with Crippen LogP contribution in [0.3, 0.4) is 0 Å². The molecule has 0 aliphatic carbocycles. The van der Waals surface area contributed by atoms with Crippen molar-refractivity contribution in [1.82, 2.24) is 24.4 Å². The van der Waals surface area contributed by atoms with Gasteiger partial charge < -0.3 is 14.0 Å². The van der Waals surface area contributed by atoms with Gasteiger partial charge in [0, 0.05) is 29.8 Å². The molecule has 0 amide bonds. The van der Waals surface area contributed by atoms with Crippen molar-refractivity contribution in [2.75, 3.05) is 19.7 Å². The Balaban J connectivity index is 1.08. The zero-order valence-corrected chi connectivity index (χ0v) is 22.1. The first-order valence-electron chi connectivity index (χ1n) is 13.0. The minimum Gasteiger partial charge on any atom is -0.473 e. The number of ether oxygens (including phenoxy) is 2. The lowest BCUT2D eigenvalue weighted by Crippen LogP contribution is -2.35. The van der Waals surface area contributed by atoms with E-state index in [9.17, 15) is 9.18 Å². The van der Waals surface area contributed by atoms with Crippen LogP contribution in [0.4, 0.5) is 4.39 Å². The Bertz CT molecular complexity index is 1530. The van der Waals surface area contributed by atoms with Crippen molar-refractivity contribution >= 4 is 28.1 Å². The third-order valence-corrected chi connectivity index (χ3v) is 8.35. The summed E-state index contributed by atoms with van der Waals surface area (Å²) < 4.78 is 27.8. The van der Waals surface area contributed by atoms with Gasteiger partial charge in [-0.1, -0.05) is 23.5 Å². The van der Waals surface area contributed by atoms with Gasteiger partial charge in [0.2, 0.25) is 5.88 Å². The molecule has 9 nitrogen and oxygen atoms in total. The maximum Gasteiger partial charge on any atom is 0.213 e. The molecule has 4 aromatic rings. The number of nitriles is 1. The lowest BCUT2D eigenvalue weighted by Gasteiger charge is -2.32. The predicted octanol–water partition coefficient (Wildman–Crippen LogP) is 4.46. The van der Waals surface area contributed by atoms with Crippen LogP contribution in [0.15, 0.2) is 36.4 Å². The van der Waals surface area contributed by atoms with Crippen LogP contribution in [0.2, 0.25) is 0 Å². The van der Waals surface area contributed by atoms with E-state index in [0.29, 0.717) is 34.6 Å². The average molecular weight is 547 g/mol. The Labute approximate surface area is 228 Å². The van der Waals surface area contributed by atoms with E-state index in [1.165, 1.54) is 17.4 Å². The molecule has 5 heterocycles. The van der Waals surface area contributed by atoms with Crippen LogP contribution in [0, 0.1) is 17.1 Å². The van der Waals surface area contributed by atoms with Gasteiger partial charge in [-0.15, -0.1) is 0 Å². The molecule has 2 fully saturated rings. The van der Waals surface area contributed by atoms with Gasteiger partial charge in [-0.3, -0.25) is 9.69 Å². The SMILES string of the molecule is N#Cc1ccc(COc2cccc(C3CCN(Cc4nc5nc(C=O)sc5n4CC4CCO4)CC3)n2)c(F)c1. The van der Waals surface area contributed by atoms with Gasteiger partial charge in [0.15, 0.2) is 16.9 Å². The first-order valence-corrected chi connectivity index (χ1v) is 13.8.